The average Bonchev–Trinajstić information content (AvgIpc) is 1.94. The molecule has 0 aromatic heterocycles. The van der Waals surface area contributed by atoms with E-state index in [1.54, 1.807) is 0 Å². The first-order valence-corrected chi connectivity index (χ1v) is 4.47. The van der Waals surface area contributed by atoms with Crippen LogP contribution in [0.1, 0.15) is 0 Å². The first kappa shape index (κ1) is 8.77. The number of nitrogens with zero attached hydrogens (tertiary/aromatic N) is 1. The third-order valence-electron chi connectivity index (χ3n) is 1.07. The Morgan fingerprint density at radius 3 is 2.55 bits per heavy atom. The standard InChI is InChI=1S/C5H3Cl2NO2S/c6-4-1-3(11(9)10)2-8-5(4)7/h1H,2H2. The van der Waals surface area contributed by atoms with Gasteiger partial charge in [0.15, 0.2) is 0 Å². The van der Waals surface area contributed by atoms with Gasteiger partial charge in [0, 0.05) is 0 Å². The molecule has 0 amide bonds. The van der Waals surface area contributed by atoms with E-state index >= 15 is 0 Å². The molecule has 0 saturated carbocycles. The summed E-state index contributed by atoms with van der Waals surface area (Å²) in [5, 5.41) is 0.318. The molecule has 60 valence electrons. The highest BCUT2D eigenvalue weighted by Gasteiger charge is 2.09. The minimum Gasteiger partial charge on any atom is -0.266 e. The van der Waals surface area contributed by atoms with E-state index in [1.807, 2.05) is 0 Å². The predicted octanol–water partition coefficient (Wildman–Crippen LogP) is 0.812. The summed E-state index contributed by atoms with van der Waals surface area (Å²) in [6.45, 7) is 0.0746. The largest absolute Gasteiger partial charge is 0.266 e. The number of dihydropyridines is 1. The minimum atomic E-state index is -2.25. The lowest BCUT2D eigenvalue weighted by Crippen LogP contribution is -2.09. The SMILES string of the molecule is O=S(=O)=C1C=C(Cl)C(Cl)=NC1. The van der Waals surface area contributed by atoms with Crippen LogP contribution in [0.4, 0.5) is 0 Å². The van der Waals surface area contributed by atoms with E-state index in [1.165, 1.54) is 6.08 Å². The second kappa shape index (κ2) is 3.38. The predicted molar refractivity (Wildman–Crippen MR) is 46.0 cm³/mol. The molecular weight excluding hydrogens is 209 g/mol. The molecule has 11 heavy (non-hydrogen) atoms. The molecule has 0 radical (unpaired) electrons. The van der Waals surface area contributed by atoms with Crippen LogP contribution in [0, 0.1) is 0 Å². The molecule has 1 rings (SSSR count). The fourth-order valence-electron chi connectivity index (χ4n) is 0.570. The van der Waals surface area contributed by atoms with Gasteiger partial charge < -0.3 is 0 Å². The Morgan fingerprint density at radius 2 is 2.09 bits per heavy atom. The van der Waals surface area contributed by atoms with Gasteiger partial charge in [0.1, 0.15) is 5.17 Å². The van der Waals surface area contributed by atoms with Gasteiger partial charge in [-0.25, -0.2) is 0 Å². The van der Waals surface area contributed by atoms with Crippen LogP contribution in [0.15, 0.2) is 16.1 Å². The van der Waals surface area contributed by atoms with E-state index in [0.29, 0.717) is 0 Å². The normalized spacial score (nSPS) is 17.5. The highest BCUT2D eigenvalue weighted by Crippen LogP contribution is 2.12. The summed E-state index contributed by atoms with van der Waals surface area (Å²) >= 11 is 11.0. The molecule has 0 aromatic carbocycles. The molecule has 0 saturated heterocycles. The van der Waals surface area contributed by atoms with Gasteiger partial charge >= 0.3 is 0 Å². The van der Waals surface area contributed by atoms with Crippen molar-refractivity contribution < 1.29 is 8.42 Å². The van der Waals surface area contributed by atoms with Crippen LogP contribution in [-0.2, 0) is 10.3 Å². The molecule has 0 spiro atoms. The Bertz CT molecular complexity index is 358. The van der Waals surface area contributed by atoms with E-state index in [9.17, 15) is 8.42 Å². The Morgan fingerprint density at radius 1 is 1.45 bits per heavy atom. The maximum atomic E-state index is 10.4. The molecule has 1 heterocycles. The van der Waals surface area contributed by atoms with Crippen molar-refractivity contribution in [1.29, 1.82) is 0 Å². The summed E-state index contributed by atoms with van der Waals surface area (Å²) in [7, 11) is -2.25. The fourth-order valence-corrected chi connectivity index (χ4v) is 1.32. The lowest BCUT2D eigenvalue weighted by atomic mass is 10.3. The number of halogens is 2. The molecular formula is C5H3Cl2NO2S. The average molecular weight is 212 g/mol. The Balaban J connectivity index is 3.15. The zero-order valence-corrected chi connectivity index (χ0v) is 7.54. The van der Waals surface area contributed by atoms with Crippen LogP contribution in [0.25, 0.3) is 0 Å². The monoisotopic (exact) mass is 211 g/mol. The highest BCUT2D eigenvalue weighted by atomic mass is 35.5. The van der Waals surface area contributed by atoms with Gasteiger partial charge in [0.2, 0.25) is 10.3 Å². The van der Waals surface area contributed by atoms with Gasteiger partial charge in [-0.15, -0.1) is 0 Å². The number of hydrogen-bond acceptors (Lipinski definition) is 3. The van der Waals surface area contributed by atoms with Gasteiger partial charge in [0.25, 0.3) is 0 Å². The van der Waals surface area contributed by atoms with Crippen molar-refractivity contribution in [3.8, 4) is 0 Å². The number of rotatable bonds is 0. The second-order valence-electron chi connectivity index (χ2n) is 1.80. The van der Waals surface area contributed by atoms with E-state index in [2.05, 4.69) is 4.99 Å². The summed E-state index contributed by atoms with van der Waals surface area (Å²) < 4.78 is 20.7. The molecule has 0 unspecified atom stereocenters. The van der Waals surface area contributed by atoms with Crippen molar-refractivity contribution in [3.05, 3.63) is 11.1 Å². The molecule has 1 aliphatic rings. The van der Waals surface area contributed by atoms with Crippen LogP contribution >= 0.6 is 23.2 Å². The maximum absolute atomic E-state index is 10.4. The van der Waals surface area contributed by atoms with Crippen LogP contribution in [-0.4, -0.2) is 25.0 Å². The topological polar surface area (TPSA) is 46.5 Å². The third kappa shape index (κ3) is 2.05. The van der Waals surface area contributed by atoms with E-state index in [0.717, 1.165) is 0 Å². The third-order valence-corrected chi connectivity index (χ3v) is 2.46. The van der Waals surface area contributed by atoms with Crippen LogP contribution in [0.5, 0.6) is 0 Å². The van der Waals surface area contributed by atoms with Gasteiger partial charge in [-0.1, -0.05) is 23.2 Å². The van der Waals surface area contributed by atoms with E-state index < -0.39 is 10.3 Å². The van der Waals surface area contributed by atoms with Crippen molar-refractivity contribution in [2.75, 3.05) is 6.54 Å². The number of allylic oxidation sites excluding steroid dienone is 1. The molecule has 0 bridgehead atoms. The maximum Gasteiger partial charge on any atom is 0.219 e. The fraction of sp³-hybridized carbons (Fsp3) is 0.200. The quantitative estimate of drug-likeness (QED) is 0.558. The highest BCUT2D eigenvalue weighted by molar-refractivity contribution is 7.73. The van der Waals surface area contributed by atoms with Crippen LogP contribution < -0.4 is 0 Å². The zero-order valence-electron chi connectivity index (χ0n) is 5.21. The van der Waals surface area contributed by atoms with Gasteiger partial charge in [-0.2, -0.15) is 8.42 Å². The minimum absolute atomic E-state index is 0.0746. The lowest BCUT2D eigenvalue weighted by Gasteiger charge is -2.01. The van der Waals surface area contributed by atoms with Crippen molar-refractivity contribution in [2.24, 2.45) is 4.99 Å². The second-order valence-corrected chi connectivity index (χ2v) is 3.56. The lowest BCUT2D eigenvalue weighted by molar-refractivity contribution is 0.627. The first-order chi connectivity index (χ1) is 5.11. The van der Waals surface area contributed by atoms with E-state index in [4.69, 9.17) is 23.2 Å². The Hall–Kier alpha value is -0.320. The van der Waals surface area contributed by atoms with Crippen LogP contribution in [0.3, 0.4) is 0 Å². The smallest absolute Gasteiger partial charge is 0.219 e. The molecule has 0 fully saturated rings. The van der Waals surface area contributed by atoms with Crippen molar-refractivity contribution in [3.63, 3.8) is 0 Å². The molecule has 0 aromatic rings. The first-order valence-electron chi connectivity index (χ1n) is 2.64. The molecule has 6 heteroatoms. The van der Waals surface area contributed by atoms with Gasteiger partial charge in [-0.05, 0) is 6.08 Å². The van der Waals surface area contributed by atoms with Crippen LogP contribution in [0.2, 0.25) is 0 Å². The summed E-state index contributed by atoms with van der Waals surface area (Å²) in [6, 6.07) is 0. The number of hydrogen-bond donors (Lipinski definition) is 0. The van der Waals surface area contributed by atoms with Gasteiger partial charge in [0.05, 0.1) is 16.4 Å². The number of aliphatic imine (C=N–C) groups is 1. The van der Waals surface area contributed by atoms with E-state index in [-0.39, 0.29) is 21.6 Å². The summed E-state index contributed by atoms with van der Waals surface area (Å²) in [5.41, 5.74) is 0. The van der Waals surface area contributed by atoms with Crippen molar-refractivity contribution >= 4 is 43.5 Å². The van der Waals surface area contributed by atoms with Crippen molar-refractivity contribution in [1.82, 2.24) is 0 Å². The molecule has 0 N–H and O–H groups in total. The van der Waals surface area contributed by atoms with Crippen molar-refractivity contribution in [2.45, 2.75) is 0 Å². The zero-order chi connectivity index (χ0) is 8.43. The Labute approximate surface area is 74.9 Å². The Kier molecular flexibility index (Phi) is 2.70. The van der Waals surface area contributed by atoms with Gasteiger partial charge in [-0.3, -0.25) is 4.99 Å². The molecule has 1 aliphatic heterocycles. The molecule has 0 aliphatic carbocycles. The summed E-state index contributed by atoms with van der Waals surface area (Å²) in [4.78, 5) is 3.82. The molecule has 0 atom stereocenters. The molecule has 3 nitrogen and oxygen atoms in total. The summed E-state index contributed by atoms with van der Waals surface area (Å²) in [5.74, 6) is 0. The summed E-state index contributed by atoms with van der Waals surface area (Å²) in [6.07, 6.45) is 1.29.